The molecule has 0 unspecified atom stereocenters. The molecule has 0 aliphatic rings. The van der Waals surface area contributed by atoms with Crippen LogP contribution in [0.5, 0.6) is 0 Å². The van der Waals surface area contributed by atoms with Gasteiger partial charge in [-0.15, -0.1) is 0 Å². The van der Waals surface area contributed by atoms with Crippen LogP contribution in [0.4, 0.5) is 4.39 Å². The number of hydrogen-bond donors (Lipinski definition) is 0. The van der Waals surface area contributed by atoms with Crippen LogP contribution >= 0.6 is 0 Å². The Morgan fingerprint density at radius 3 is 2.45 bits per heavy atom. The predicted octanol–water partition coefficient (Wildman–Crippen LogP) is -2.81. The Labute approximate surface area is 75.2 Å². The Kier molecular flexibility index (Phi) is 3.87. The van der Waals surface area contributed by atoms with Crippen molar-refractivity contribution in [2.75, 3.05) is 0 Å². The Hall–Kier alpha value is -0.783. The smallest absolute Gasteiger partial charge is 0.545 e. The second-order valence-corrected chi connectivity index (χ2v) is 1.80. The Morgan fingerprint density at radius 2 is 2.09 bits per heavy atom. The van der Waals surface area contributed by atoms with E-state index < -0.39 is 11.8 Å². The van der Waals surface area contributed by atoms with Crippen molar-refractivity contribution in [3.8, 4) is 0 Å². The normalized spacial score (nSPS) is 8.45. The third kappa shape index (κ3) is 2.75. The van der Waals surface area contributed by atoms with Crippen molar-refractivity contribution < 1.29 is 33.2 Å². The number of carboxylic acids is 1. The summed E-state index contributed by atoms with van der Waals surface area (Å²) in [5.74, 6) is -1.93. The Morgan fingerprint density at radius 1 is 1.45 bits per heavy atom. The summed E-state index contributed by atoms with van der Waals surface area (Å²) >= 11 is 0. The van der Waals surface area contributed by atoms with E-state index >= 15 is 0 Å². The van der Waals surface area contributed by atoms with E-state index in [4.69, 9.17) is 0 Å². The van der Waals surface area contributed by atoms with E-state index in [0.29, 0.717) is 0 Å². The molecule has 0 fully saturated rings. The summed E-state index contributed by atoms with van der Waals surface area (Å²) in [6, 6.07) is 4.68. The molecule has 0 amide bonds. The molecular formula is C7H4FLiO2. The predicted molar refractivity (Wildman–Crippen MR) is 30.7 cm³/mol. The summed E-state index contributed by atoms with van der Waals surface area (Å²) in [6.45, 7) is 0. The largest absolute Gasteiger partial charge is 1.00 e. The Bertz CT molecular complexity index is 262. The zero-order valence-corrected chi connectivity index (χ0v) is 6.00. The molecule has 1 rings (SSSR count). The van der Waals surface area contributed by atoms with Crippen molar-refractivity contribution in [1.29, 1.82) is 0 Å². The van der Waals surface area contributed by atoms with Gasteiger partial charge in [-0.05, 0) is 12.1 Å². The molecule has 0 heterocycles. The van der Waals surface area contributed by atoms with Crippen LogP contribution in [-0.2, 0) is 0 Å². The van der Waals surface area contributed by atoms with Crippen LogP contribution in [0.15, 0.2) is 24.3 Å². The maximum atomic E-state index is 12.2. The van der Waals surface area contributed by atoms with Gasteiger partial charge in [0.2, 0.25) is 0 Å². The third-order valence-corrected chi connectivity index (χ3v) is 1.06. The summed E-state index contributed by atoms with van der Waals surface area (Å²) in [5, 5.41) is 10.1. The molecule has 0 N–H and O–H groups in total. The molecular weight excluding hydrogens is 142 g/mol. The van der Waals surface area contributed by atoms with Gasteiger partial charge >= 0.3 is 18.9 Å². The van der Waals surface area contributed by atoms with Crippen LogP contribution in [0.1, 0.15) is 10.4 Å². The van der Waals surface area contributed by atoms with E-state index in [-0.39, 0.29) is 24.4 Å². The average molecular weight is 146 g/mol. The van der Waals surface area contributed by atoms with Crippen molar-refractivity contribution in [1.82, 2.24) is 0 Å². The summed E-state index contributed by atoms with van der Waals surface area (Å²) < 4.78 is 12.2. The number of aromatic carboxylic acids is 1. The third-order valence-electron chi connectivity index (χ3n) is 1.06. The van der Waals surface area contributed by atoms with Crippen LogP contribution in [-0.4, -0.2) is 5.97 Å². The van der Waals surface area contributed by atoms with E-state index in [1.807, 2.05) is 0 Å². The second kappa shape index (κ2) is 4.17. The summed E-state index contributed by atoms with van der Waals surface area (Å²) in [7, 11) is 0. The number of benzene rings is 1. The topological polar surface area (TPSA) is 40.1 Å². The van der Waals surface area contributed by atoms with Crippen molar-refractivity contribution in [3.05, 3.63) is 35.6 Å². The van der Waals surface area contributed by atoms with E-state index in [0.717, 1.165) is 6.07 Å². The van der Waals surface area contributed by atoms with E-state index in [1.54, 1.807) is 0 Å². The monoisotopic (exact) mass is 146 g/mol. The molecule has 2 nitrogen and oxygen atoms in total. The van der Waals surface area contributed by atoms with Gasteiger partial charge in [0, 0.05) is 5.56 Å². The first-order valence-electron chi connectivity index (χ1n) is 2.67. The molecule has 11 heavy (non-hydrogen) atoms. The Balaban J connectivity index is 0.000001000. The fraction of sp³-hybridized carbons (Fsp3) is 0. The first kappa shape index (κ1) is 10.2. The van der Waals surface area contributed by atoms with E-state index in [9.17, 15) is 14.3 Å². The van der Waals surface area contributed by atoms with Gasteiger partial charge in [0.15, 0.2) is 0 Å². The molecule has 0 spiro atoms. The average Bonchev–Trinajstić information content (AvgIpc) is 1.88. The number of hydrogen-bond acceptors (Lipinski definition) is 2. The van der Waals surface area contributed by atoms with Crippen LogP contribution < -0.4 is 24.0 Å². The van der Waals surface area contributed by atoms with Crippen molar-refractivity contribution >= 4 is 5.97 Å². The first-order chi connectivity index (χ1) is 4.70. The van der Waals surface area contributed by atoms with Crippen LogP contribution in [0.2, 0.25) is 0 Å². The van der Waals surface area contributed by atoms with E-state index in [1.165, 1.54) is 18.2 Å². The number of rotatable bonds is 1. The van der Waals surface area contributed by atoms with Gasteiger partial charge in [-0.1, -0.05) is 12.1 Å². The van der Waals surface area contributed by atoms with Crippen LogP contribution in [0.3, 0.4) is 0 Å². The SMILES string of the molecule is O=C([O-])c1cccc(F)c1.[Li+]. The van der Waals surface area contributed by atoms with Gasteiger partial charge in [-0.2, -0.15) is 0 Å². The first-order valence-corrected chi connectivity index (χ1v) is 2.67. The van der Waals surface area contributed by atoms with Gasteiger partial charge < -0.3 is 9.90 Å². The summed E-state index contributed by atoms with van der Waals surface area (Å²) in [5.41, 5.74) is -0.139. The number of halogens is 1. The quantitative estimate of drug-likeness (QED) is 0.401. The number of carbonyl (C=O) groups excluding carboxylic acids is 1. The van der Waals surface area contributed by atoms with E-state index in [2.05, 4.69) is 0 Å². The second-order valence-electron chi connectivity index (χ2n) is 1.80. The molecule has 0 aliphatic carbocycles. The fourth-order valence-corrected chi connectivity index (χ4v) is 0.615. The molecule has 0 bridgehead atoms. The number of carboxylic acid groups (broad SMARTS) is 1. The summed E-state index contributed by atoms with van der Waals surface area (Å²) in [6.07, 6.45) is 0. The van der Waals surface area contributed by atoms with Gasteiger partial charge in [0.25, 0.3) is 0 Å². The minimum atomic E-state index is -1.36. The van der Waals surface area contributed by atoms with Gasteiger partial charge in [0.1, 0.15) is 5.82 Å². The molecule has 0 radical (unpaired) electrons. The van der Waals surface area contributed by atoms with Crippen LogP contribution in [0, 0.1) is 5.82 Å². The van der Waals surface area contributed by atoms with Crippen LogP contribution in [0.25, 0.3) is 0 Å². The minimum absolute atomic E-state index is 0. The van der Waals surface area contributed by atoms with Gasteiger partial charge in [-0.3, -0.25) is 0 Å². The van der Waals surface area contributed by atoms with Crippen molar-refractivity contribution in [2.45, 2.75) is 0 Å². The molecule has 0 aromatic heterocycles. The fourth-order valence-electron chi connectivity index (χ4n) is 0.615. The molecule has 0 atom stereocenters. The minimum Gasteiger partial charge on any atom is -0.545 e. The summed E-state index contributed by atoms with van der Waals surface area (Å²) in [4.78, 5) is 10.1. The van der Waals surface area contributed by atoms with Gasteiger partial charge in [0.05, 0.1) is 5.97 Å². The maximum absolute atomic E-state index is 12.2. The molecule has 0 aliphatic heterocycles. The molecule has 1 aromatic rings. The maximum Gasteiger partial charge on any atom is 1.00 e. The zero-order chi connectivity index (χ0) is 7.56. The molecule has 0 saturated carbocycles. The number of carbonyl (C=O) groups is 1. The van der Waals surface area contributed by atoms with Gasteiger partial charge in [-0.25, -0.2) is 4.39 Å². The molecule has 0 saturated heterocycles. The van der Waals surface area contributed by atoms with Crippen molar-refractivity contribution in [3.63, 3.8) is 0 Å². The zero-order valence-electron chi connectivity index (χ0n) is 6.00. The standard InChI is InChI=1S/C7H5FO2.Li/c8-6-3-1-2-5(4-6)7(9)10;/h1-4H,(H,9,10);/q;+1/p-1. The molecule has 1 aromatic carbocycles. The molecule has 52 valence electrons. The van der Waals surface area contributed by atoms with Crippen molar-refractivity contribution in [2.24, 2.45) is 0 Å². The molecule has 4 heteroatoms.